The lowest BCUT2D eigenvalue weighted by atomic mass is 10.1. The quantitative estimate of drug-likeness (QED) is 0.838. The Morgan fingerprint density at radius 1 is 1.16 bits per heavy atom. The minimum Gasteiger partial charge on any atom is -0.479 e. The number of ether oxygens (including phenoxy) is 2. The number of esters is 1. The van der Waals surface area contributed by atoms with Gasteiger partial charge in [-0.15, -0.1) is 0 Å². The summed E-state index contributed by atoms with van der Waals surface area (Å²) in [6.45, 7) is 4.57. The van der Waals surface area contributed by atoms with Crippen LogP contribution in [0.15, 0.2) is 36.4 Å². The molecule has 1 aromatic carbocycles. The Morgan fingerprint density at radius 3 is 2.53 bits per heavy atom. The minimum absolute atomic E-state index is 0.344. The van der Waals surface area contributed by atoms with Gasteiger partial charge in [-0.3, -0.25) is 0 Å². The molecule has 0 spiro atoms. The van der Waals surface area contributed by atoms with Gasteiger partial charge in [0, 0.05) is 6.07 Å². The van der Waals surface area contributed by atoms with E-state index in [9.17, 15) is 4.79 Å². The Bertz CT molecular complexity index is 546. The van der Waals surface area contributed by atoms with Gasteiger partial charge < -0.3 is 14.5 Å². The summed E-state index contributed by atoms with van der Waals surface area (Å²) in [6, 6.07) is 11.3. The topological polar surface area (TPSA) is 51.3 Å². The first-order valence-electron chi connectivity index (χ1n) is 6.34. The van der Waals surface area contributed by atoms with Crippen LogP contribution in [0.2, 0.25) is 0 Å². The molecule has 0 aliphatic carbocycles. The summed E-state index contributed by atoms with van der Waals surface area (Å²) in [5, 5.41) is 0. The van der Waals surface area contributed by atoms with Crippen LogP contribution in [0.4, 0.5) is 0 Å². The summed E-state index contributed by atoms with van der Waals surface area (Å²) < 4.78 is 10.5. The zero-order chi connectivity index (χ0) is 13.7. The summed E-state index contributed by atoms with van der Waals surface area (Å²) in [5.74, 6) is 0.230. The van der Waals surface area contributed by atoms with E-state index in [1.807, 2.05) is 37.3 Å². The highest BCUT2D eigenvalue weighted by molar-refractivity contribution is 5.97. The molecule has 0 amide bonds. The van der Waals surface area contributed by atoms with Gasteiger partial charge >= 0.3 is 5.97 Å². The number of nitrogens with one attached hydrogen (secondary N) is 1. The maximum Gasteiger partial charge on any atom is 0.340 e. The van der Waals surface area contributed by atoms with Crippen LogP contribution in [0.5, 0.6) is 5.88 Å². The largest absolute Gasteiger partial charge is 0.479 e. The van der Waals surface area contributed by atoms with E-state index in [4.69, 9.17) is 9.47 Å². The third kappa shape index (κ3) is 2.96. The molecule has 4 nitrogen and oxygen atoms in total. The fourth-order valence-electron chi connectivity index (χ4n) is 1.87. The smallest absolute Gasteiger partial charge is 0.340 e. The van der Waals surface area contributed by atoms with Crippen molar-refractivity contribution in [3.63, 3.8) is 0 Å². The predicted molar refractivity (Wildman–Crippen MR) is 73.4 cm³/mol. The molecule has 0 saturated carbocycles. The maximum atomic E-state index is 12.0. The minimum atomic E-state index is -0.344. The van der Waals surface area contributed by atoms with E-state index >= 15 is 0 Å². The van der Waals surface area contributed by atoms with E-state index in [2.05, 4.69) is 4.98 Å². The van der Waals surface area contributed by atoms with Crippen LogP contribution in [-0.4, -0.2) is 24.2 Å². The predicted octanol–water partition coefficient (Wildman–Crippen LogP) is 3.26. The lowest BCUT2D eigenvalue weighted by Gasteiger charge is -2.03. The number of aromatic nitrogens is 1. The Labute approximate surface area is 112 Å². The number of carbonyl (C=O) groups excluding carboxylic acids is 1. The molecule has 0 unspecified atom stereocenters. The Balaban J connectivity index is 2.42. The van der Waals surface area contributed by atoms with Crippen molar-refractivity contribution in [1.82, 2.24) is 4.98 Å². The van der Waals surface area contributed by atoms with Gasteiger partial charge in [-0.2, -0.15) is 0 Å². The fraction of sp³-hybridized carbons (Fsp3) is 0.267. The molecule has 4 heteroatoms. The number of hydrogen-bond acceptors (Lipinski definition) is 3. The molecule has 19 heavy (non-hydrogen) atoms. The number of hydrogen-bond donors (Lipinski definition) is 1. The van der Waals surface area contributed by atoms with Crippen LogP contribution in [-0.2, 0) is 4.74 Å². The van der Waals surface area contributed by atoms with Gasteiger partial charge in [-0.25, -0.2) is 4.79 Å². The summed E-state index contributed by atoms with van der Waals surface area (Å²) in [5.41, 5.74) is 2.15. The lowest BCUT2D eigenvalue weighted by molar-refractivity contribution is 0.0527. The number of carbonyl (C=O) groups is 1. The molecule has 0 atom stereocenters. The summed E-state index contributed by atoms with van der Waals surface area (Å²) in [7, 11) is 0. The zero-order valence-corrected chi connectivity index (χ0v) is 11.1. The first-order chi connectivity index (χ1) is 9.26. The standard InChI is InChI=1S/C15H17NO3/c1-3-18-13-10-12(15(17)19-4-2)14(16-13)11-8-6-5-7-9-11/h5-10,16H,3-4H2,1-2H3. The molecular formula is C15H17NO3. The maximum absolute atomic E-state index is 12.0. The number of aromatic amines is 1. The molecule has 0 fully saturated rings. The van der Waals surface area contributed by atoms with Crippen LogP contribution >= 0.6 is 0 Å². The Kier molecular flexibility index (Phi) is 4.23. The molecular weight excluding hydrogens is 242 g/mol. The van der Waals surface area contributed by atoms with Gasteiger partial charge in [0.15, 0.2) is 5.88 Å². The highest BCUT2D eigenvalue weighted by atomic mass is 16.5. The van der Waals surface area contributed by atoms with E-state index in [-0.39, 0.29) is 5.97 Å². The first-order valence-corrected chi connectivity index (χ1v) is 6.34. The third-order valence-corrected chi connectivity index (χ3v) is 2.65. The summed E-state index contributed by atoms with van der Waals surface area (Å²) in [4.78, 5) is 15.1. The van der Waals surface area contributed by atoms with Crippen molar-refractivity contribution in [2.45, 2.75) is 13.8 Å². The highest BCUT2D eigenvalue weighted by Gasteiger charge is 2.18. The molecule has 0 saturated heterocycles. The van der Waals surface area contributed by atoms with Crippen molar-refractivity contribution < 1.29 is 14.3 Å². The summed E-state index contributed by atoms with van der Waals surface area (Å²) >= 11 is 0. The van der Waals surface area contributed by atoms with Crippen LogP contribution in [0.3, 0.4) is 0 Å². The SMILES string of the molecule is CCOC(=O)c1cc(OCC)[nH]c1-c1ccccc1. The van der Waals surface area contributed by atoms with Gasteiger partial charge in [0.05, 0.1) is 24.5 Å². The zero-order valence-electron chi connectivity index (χ0n) is 11.1. The van der Waals surface area contributed by atoms with E-state index in [0.29, 0.717) is 24.7 Å². The number of benzene rings is 1. The van der Waals surface area contributed by atoms with E-state index < -0.39 is 0 Å². The lowest BCUT2D eigenvalue weighted by Crippen LogP contribution is -2.04. The van der Waals surface area contributed by atoms with Gasteiger partial charge in [-0.1, -0.05) is 30.3 Å². The van der Waals surface area contributed by atoms with Crippen molar-refractivity contribution in [2.24, 2.45) is 0 Å². The number of H-pyrrole nitrogens is 1. The summed E-state index contributed by atoms with van der Waals surface area (Å²) in [6.07, 6.45) is 0. The van der Waals surface area contributed by atoms with Crippen LogP contribution in [0.1, 0.15) is 24.2 Å². The van der Waals surface area contributed by atoms with E-state index in [1.54, 1.807) is 13.0 Å². The van der Waals surface area contributed by atoms with Crippen LogP contribution in [0, 0.1) is 0 Å². The average Bonchev–Trinajstić information content (AvgIpc) is 2.85. The normalized spacial score (nSPS) is 10.2. The van der Waals surface area contributed by atoms with Crippen molar-refractivity contribution in [2.75, 3.05) is 13.2 Å². The van der Waals surface area contributed by atoms with E-state index in [1.165, 1.54) is 0 Å². The molecule has 100 valence electrons. The van der Waals surface area contributed by atoms with Crippen molar-refractivity contribution in [1.29, 1.82) is 0 Å². The third-order valence-electron chi connectivity index (χ3n) is 2.65. The monoisotopic (exact) mass is 259 g/mol. The molecule has 1 heterocycles. The molecule has 0 bridgehead atoms. The van der Waals surface area contributed by atoms with Crippen molar-refractivity contribution >= 4 is 5.97 Å². The molecule has 0 aliphatic heterocycles. The molecule has 0 radical (unpaired) electrons. The van der Waals surface area contributed by atoms with Crippen LogP contribution < -0.4 is 4.74 Å². The molecule has 2 aromatic rings. The molecule has 0 aliphatic rings. The van der Waals surface area contributed by atoms with Gasteiger partial charge in [-0.05, 0) is 19.4 Å². The molecule has 1 N–H and O–H groups in total. The second-order valence-corrected chi connectivity index (χ2v) is 3.94. The first kappa shape index (κ1) is 13.2. The Morgan fingerprint density at radius 2 is 1.89 bits per heavy atom. The van der Waals surface area contributed by atoms with Gasteiger partial charge in [0.1, 0.15) is 0 Å². The van der Waals surface area contributed by atoms with Gasteiger partial charge in [0.2, 0.25) is 0 Å². The second-order valence-electron chi connectivity index (χ2n) is 3.94. The van der Waals surface area contributed by atoms with Crippen LogP contribution in [0.25, 0.3) is 11.3 Å². The van der Waals surface area contributed by atoms with Crippen molar-refractivity contribution in [3.8, 4) is 17.1 Å². The number of rotatable bonds is 5. The van der Waals surface area contributed by atoms with E-state index in [0.717, 1.165) is 11.3 Å². The molecule has 2 rings (SSSR count). The average molecular weight is 259 g/mol. The Hall–Kier alpha value is -2.23. The van der Waals surface area contributed by atoms with Crippen molar-refractivity contribution in [3.05, 3.63) is 42.0 Å². The highest BCUT2D eigenvalue weighted by Crippen LogP contribution is 2.27. The van der Waals surface area contributed by atoms with Gasteiger partial charge in [0.25, 0.3) is 0 Å². The fourth-order valence-corrected chi connectivity index (χ4v) is 1.87. The molecule has 1 aromatic heterocycles. The second kappa shape index (κ2) is 6.09.